The van der Waals surface area contributed by atoms with E-state index >= 15 is 0 Å². The predicted octanol–water partition coefficient (Wildman–Crippen LogP) is 3.13. The van der Waals surface area contributed by atoms with Crippen LogP contribution in [0.15, 0.2) is 27.8 Å². The third kappa shape index (κ3) is 3.83. The smallest absolute Gasteiger partial charge is 0.340 e. The second-order valence-electron chi connectivity index (χ2n) is 6.75. The summed E-state index contributed by atoms with van der Waals surface area (Å²) in [6, 6.07) is 3.23. The van der Waals surface area contributed by atoms with Crippen LogP contribution >= 0.6 is 11.6 Å². The number of halogens is 2. The Hall–Kier alpha value is -2.41. The molecular weight excluding hydrogens is 375 g/mol. The molecule has 0 radical (unpaired) electrons. The number of carbonyl (C=O) groups excluding carboxylic acids is 1. The molecule has 1 fully saturated rings. The Morgan fingerprint density at radius 1 is 1.19 bits per heavy atom. The second kappa shape index (κ2) is 7.68. The first-order chi connectivity index (χ1) is 12.8. The van der Waals surface area contributed by atoms with Crippen molar-refractivity contribution in [2.75, 3.05) is 0 Å². The van der Waals surface area contributed by atoms with E-state index < -0.39 is 23.0 Å². The van der Waals surface area contributed by atoms with Gasteiger partial charge in [0.15, 0.2) is 0 Å². The van der Waals surface area contributed by atoms with Gasteiger partial charge in [0.05, 0.1) is 16.3 Å². The van der Waals surface area contributed by atoms with Crippen molar-refractivity contribution in [2.24, 2.45) is 7.05 Å². The van der Waals surface area contributed by atoms with E-state index in [0.717, 1.165) is 44.2 Å². The first kappa shape index (κ1) is 19.4. The van der Waals surface area contributed by atoms with Gasteiger partial charge in [-0.05, 0) is 44.7 Å². The SMILES string of the molecule is Cc1cc(=O)n(-c2cc(C(=O)OC3CCCCC3)c(Cl)cc2F)c(=O)n1C. The average Bonchev–Trinajstić information content (AvgIpc) is 2.62. The van der Waals surface area contributed by atoms with E-state index in [1.807, 2.05) is 0 Å². The molecule has 0 saturated heterocycles. The number of esters is 1. The fourth-order valence-corrected chi connectivity index (χ4v) is 3.45. The Morgan fingerprint density at radius 3 is 2.52 bits per heavy atom. The molecule has 8 heteroatoms. The van der Waals surface area contributed by atoms with Gasteiger partial charge >= 0.3 is 11.7 Å². The zero-order valence-corrected chi connectivity index (χ0v) is 15.9. The minimum absolute atomic E-state index is 0.0758. The van der Waals surface area contributed by atoms with Gasteiger partial charge in [0.1, 0.15) is 11.9 Å². The fraction of sp³-hybridized carbons (Fsp3) is 0.421. The highest BCUT2D eigenvalue weighted by Crippen LogP contribution is 2.26. The van der Waals surface area contributed by atoms with Crippen LogP contribution in [0.2, 0.25) is 5.02 Å². The van der Waals surface area contributed by atoms with Gasteiger partial charge in [0.2, 0.25) is 0 Å². The van der Waals surface area contributed by atoms with Crippen LogP contribution in [0.3, 0.4) is 0 Å². The molecule has 0 spiro atoms. The van der Waals surface area contributed by atoms with Crippen LogP contribution in [0, 0.1) is 12.7 Å². The number of nitrogens with zero attached hydrogens (tertiary/aromatic N) is 2. The molecule has 0 bridgehead atoms. The zero-order valence-electron chi connectivity index (χ0n) is 15.1. The summed E-state index contributed by atoms with van der Waals surface area (Å²) < 4.78 is 21.9. The van der Waals surface area contributed by atoms with Crippen molar-refractivity contribution in [3.05, 3.63) is 61.1 Å². The van der Waals surface area contributed by atoms with Crippen LogP contribution in [0.5, 0.6) is 0 Å². The van der Waals surface area contributed by atoms with E-state index in [9.17, 15) is 18.8 Å². The molecule has 1 heterocycles. The topological polar surface area (TPSA) is 70.3 Å². The number of ether oxygens (including phenoxy) is 1. The largest absolute Gasteiger partial charge is 0.459 e. The summed E-state index contributed by atoms with van der Waals surface area (Å²) in [5.74, 6) is -1.57. The molecule has 0 N–H and O–H groups in total. The molecule has 2 aromatic rings. The minimum Gasteiger partial charge on any atom is -0.459 e. The molecule has 1 aliphatic rings. The van der Waals surface area contributed by atoms with Crippen LogP contribution in [-0.2, 0) is 11.8 Å². The molecule has 1 aliphatic carbocycles. The molecule has 0 aliphatic heterocycles. The number of hydrogen-bond acceptors (Lipinski definition) is 4. The summed E-state index contributed by atoms with van der Waals surface area (Å²) >= 11 is 6.03. The Labute approximate surface area is 160 Å². The van der Waals surface area contributed by atoms with Gasteiger partial charge in [-0.15, -0.1) is 0 Å². The number of benzene rings is 1. The summed E-state index contributed by atoms with van der Waals surface area (Å²) in [5, 5.41) is -0.131. The van der Waals surface area contributed by atoms with Crippen molar-refractivity contribution in [1.82, 2.24) is 9.13 Å². The number of aromatic nitrogens is 2. The molecule has 1 aromatic heterocycles. The van der Waals surface area contributed by atoms with Crippen molar-refractivity contribution in [2.45, 2.75) is 45.1 Å². The summed E-state index contributed by atoms with van der Waals surface area (Å²) in [7, 11) is 1.47. The third-order valence-corrected chi connectivity index (χ3v) is 5.20. The quantitative estimate of drug-likeness (QED) is 0.750. The maximum atomic E-state index is 14.5. The lowest BCUT2D eigenvalue weighted by Gasteiger charge is -2.22. The van der Waals surface area contributed by atoms with Crippen molar-refractivity contribution < 1.29 is 13.9 Å². The summed E-state index contributed by atoms with van der Waals surface area (Å²) in [6.07, 6.45) is 4.41. The van der Waals surface area contributed by atoms with Gasteiger partial charge < -0.3 is 9.30 Å². The zero-order chi connectivity index (χ0) is 19.7. The van der Waals surface area contributed by atoms with Gasteiger partial charge in [0.25, 0.3) is 5.56 Å². The lowest BCUT2D eigenvalue weighted by atomic mass is 9.98. The number of rotatable bonds is 3. The molecular formula is C19H20ClFN2O4. The Kier molecular flexibility index (Phi) is 5.51. The van der Waals surface area contributed by atoms with Gasteiger partial charge in [0, 0.05) is 18.8 Å². The van der Waals surface area contributed by atoms with E-state index in [2.05, 4.69) is 0 Å². The normalized spacial score (nSPS) is 15.0. The first-order valence-corrected chi connectivity index (χ1v) is 9.17. The Morgan fingerprint density at radius 2 is 1.85 bits per heavy atom. The summed E-state index contributed by atoms with van der Waals surface area (Å²) in [4.78, 5) is 37.3. The van der Waals surface area contributed by atoms with Crippen molar-refractivity contribution in [3.8, 4) is 5.69 Å². The highest BCUT2D eigenvalue weighted by Gasteiger charge is 2.23. The van der Waals surface area contributed by atoms with Crippen molar-refractivity contribution in [3.63, 3.8) is 0 Å². The molecule has 1 aromatic carbocycles. The fourth-order valence-electron chi connectivity index (χ4n) is 3.22. The van der Waals surface area contributed by atoms with E-state index in [-0.39, 0.29) is 22.4 Å². The van der Waals surface area contributed by atoms with Crippen LogP contribution < -0.4 is 11.2 Å². The molecule has 0 unspecified atom stereocenters. The predicted molar refractivity (Wildman–Crippen MR) is 99.3 cm³/mol. The van der Waals surface area contributed by atoms with E-state index in [1.54, 1.807) is 6.92 Å². The number of carbonyl (C=O) groups is 1. The van der Waals surface area contributed by atoms with E-state index in [0.29, 0.717) is 10.3 Å². The summed E-state index contributed by atoms with van der Waals surface area (Å²) in [5.41, 5.74) is -1.38. The summed E-state index contributed by atoms with van der Waals surface area (Å²) in [6.45, 7) is 1.60. The first-order valence-electron chi connectivity index (χ1n) is 8.79. The highest BCUT2D eigenvalue weighted by molar-refractivity contribution is 6.33. The van der Waals surface area contributed by atoms with Crippen LogP contribution in [0.4, 0.5) is 4.39 Å². The molecule has 27 heavy (non-hydrogen) atoms. The lowest BCUT2D eigenvalue weighted by molar-refractivity contribution is 0.0211. The molecule has 1 saturated carbocycles. The molecule has 144 valence electrons. The van der Waals surface area contributed by atoms with Crippen molar-refractivity contribution in [1.29, 1.82) is 0 Å². The molecule has 3 rings (SSSR count). The molecule has 0 amide bonds. The third-order valence-electron chi connectivity index (χ3n) is 4.88. The van der Waals surface area contributed by atoms with Crippen molar-refractivity contribution >= 4 is 17.6 Å². The maximum absolute atomic E-state index is 14.5. The maximum Gasteiger partial charge on any atom is 0.340 e. The van der Waals surface area contributed by atoms with Crippen LogP contribution in [0.25, 0.3) is 5.69 Å². The van der Waals surface area contributed by atoms with Crippen LogP contribution in [-0.4, -0.2) is 21.2 Å². The standard InChI is InChI=1S/C19H20ClFN2O4/c1-11-8-17(24)23(19(26)22(11)2)16-9-13(14(20)10-15(16)21)18(25)27-12-6-4-3-5-7-12/h8-10,12H,3-7H2,1-2H3. The minimum atomic E-state index is -0.878. The van der Waals surface area contributed by atoms with Gasteiger partial charge in [-0.3, -0.25) is 4.79 Å². The second-order valence-corrected chi connectivity index (χ2v) is 7.16. The van der Waals surface area contributed by atoms with E-state index in [1.165, 1.54) is 17.7 Å². The van der Waals surface area contributed by atoms with Gasteiger partial charge in [-0.1, -0.05) is 18.0 Å². The Bertz CT molecular complexity index is 1010. The number of aryl methyl sites for hydroxylation is 1. The van der Waals surface area contributed by atoms with Gasteiger partial charge in [-0.2, -0.15) is 0 Å². The van der Waals surface area contributed by atoms with Gasteiger partial charge in [-0.25, -0.2) is 18.5 Å². The molecule has 6 nitrogen and oxygen atoms in total. The number of hydrogen-bond donors (Lipinski definition) is 0. The highest BCUT2D eigenvalue weighted by atomic mass is 35.5. The van der Waals surface area contributed by atoms with E-state index in [4.69, 9.17) is 16.3 Å². The van der Waals surface area contributed by atoms with Crippen LogP contribution in [0.1, 0.15) is 48.2 Å². The average molecular weight is 395 g/mol. The Balaban J connectivity index is 2.05. The lowest BCUT2D eigenvalue weighted by Crippen LogP contribution is -2.38. The molecule has 0 atom stereocenters. The monoisotopic (exact) mass is 394 g/mol.